The van der Waals surface area contributed by atoms with Gasteiger partial charge < -0.3 is 15.8 Å². The van der Waals surface area contributed by atoms with E-state index in [1.807, 2.05) is 19.1 Å². The Kier molecular flexibility index (Phi) is 5.80. The van der Waals surface area contributed by atoms with Gasteiger partial charge in [0, 0.05) is 17.8 Å². The van der Waals surface area contributed by atoms with Crippen LogP contribution in [0.5, 0.6) is 0 Å². The van der Waals surface area contributed by atoms with E-state index in [2.05, 4.69) is 11.4 Å². The highest BCUT2D eigenvalue weighted by molar-refractivity contribution is 7.80. The lowest BCUT2D eigenvalue weighted by Gasteiger charge is -2.22. The molecule has 3 nitrogen and oxygen atoms in total. The molecule has 1 aromatic rings. The van der Waals surface area contributed by atoms with Gasteiger partial charge >= 0.3 is 0 Å². The summed E-state index contributed by atoms with van der Waals surface area (Å²) in [6, 6.07) is 6.07. The van der Waals surface area contributed by atoms with E-state index in [0.29, 0.717) is 11.1 Å². The maximum atomic E-state index is 5.89. The van der Waals surface area contributed by atoms with Crippen LogP contribution in [0.2, 0.25) is 0 Å². The van der Waals surface area contributed by atoms with E-state index in [-0.39, 0.29) is 0 Å². The average Bonchev–Trinajstić information content (AvgIpc) is 2.44. The van der Waals surface area contributed by atoms with Gasteiger partial charge in [-0.1, -0.05) is 31.5 Å². The van der Waals surface area contributed by atoms with E-state index in [1.165, 1.54) is 32.1 Å². The third-order valence-corrected chi connectivity index (χ3v) is 4.05. The van der Waals surface area contributed by atoms with Crippen LogP contribution in [-0.4, -0.2) is 24.2 Å². The van der Waals surface area contributed by atoms with Crippen LogP contribution in [0.3, 0.4) is 0 Å². The van der Waals surface area contributed by atoms with Crippen LogP contribution in [0.4, 0.5) is 5.69 Å². The van der Waals surface area contributed by atoms with Crippen molar-refractivity contribution in [1.82, 2.24) is 0 Å². The first kappa shape index (κ1) is 15.3. The fourth-order valence-corrected chi connectivity index (χ4v) is 2.93. The normalized spacial score (nSPS) is 16.1. The molecule has 110 valence electrons. The van der Waals surface area contributed by atoms with Crippen LogP contribution >= 0.6 is 12.2 Å². The molecule has 0 radical (unpaired) electrons. The van der Waals surface area contributed by atoms with Crippen LogP contribution in [0, 0.1) is 6.92 Å². The van der Waals surface area contributed by atoms with Gasteiger partial charge in [-0.3, -0.25) is 0 Å². The van der Waals surface area contributed by atoms with E-state index in [4.69, 9.17) is 22.7 Å². The van der Waals surface area contributed by atoms with Gasteiger partial charge in [-0.15, -0.1) is 0 Å². The molecule has 1 saturated carbocycles. The van der Waals surface area contributed by atoms with Gasteiger partial charge in [0.1, 0.15) is 4.99 Å². The third-order valence-electron chi connectivity index (χ3n) is 3.83. The van der Waals surface area contributed by atoms with Crippen molar-refractivity contribution in [2.45, 2.75) is 45.1 Å². The fourth-order valence-electron chi connectivity index (χ4n) is 2.70. The number of benzene rings is 1. The van der Waals surface area contributed by atoms with Gasteiger partial charge in [0.25, 0.3) is 0 Å². The molecule has 0 bridgehead atoms. The molecule has 0 amide bonds. The van der Waals surface area contributed by atoms with Crippen molar-refractivity contribution in [2.24, 2.45) is 5.73 Å². The second kappa shape index (κ2) is 7.60. The molecule has 0 saturated heterocycles. The number of thiocarbonyl (C=S) groups is 1. The molecule has 0 atom stereocenters. The Labute approximate surface area is 126 Å². The van der Waals surface area contributed by atoms with Gasteiger partial charge in [-0.05, 0) is 43.5 Å². The lowest BCUT2D eigenvalue weighted by Crippen LogP contribution is -2.20. The lowest BCUT2D eigenvalue weighted by atomic mass is 9.98. The standard InChI is InChI=1S/C16H24N2OS/c1-12-11-13(7-8-15(12)16(17)20)18-9-10-19-14-5-3-2-4-6-14/h7-8,11,14,18H,2-6,9-10H2,1H3,(H2,17,20). The topological polar surface area (TPSA) is 47.3 Å². The van der Waals surface area contributed by atoms with Crippen LogP contribution < -0.4 is 11.1 Å². The van der Waals surface area contributed by atoms with Crippen LogP contribution in [0.1, 0.15) is 43.2 Å². The summed E-state index contributed by atoms with van der Waals surface area (Å²) >= 11 is 5.01. The summed E-state index contributed by atoms with van der Waals surface area (Å²) in [4.78, 5) is 0.453. The predicted octanol–water partition coefficient (Wildman–Crippen LogP) is 3.39. The number of hydrogen-bond acceptors (Lipinski definition) is 3. The van der Waals surface area contributed by atoms with Gasteiger partial charge in [0.05, 0.1) is 12.7 Å². The number of anilines is 1. The predicted molar refractivity (Wildman–Crippen MR) is 88.4 cm³/mol. The Bertz CT molecular complexity index is 456. The minimum atomic E-state index is 0.453. The molecular formula is C16H24N2OS. The van der Waals surface area contributed by atoms with E-state index >= 15 is 0 Å². The number of nitrogens with one attached hydrogen (secondary N) is 1. The number of ether oxygens (including phenoxy) is 1. The Hall–Kier alpha value is -1.13. The first-order chi connectivity index (χ1) is 9.66. The second-order valence-electron chi connectivity index (χ2n) is 5.45. The summed E-state index contributed by atoms with van der Waals surface area (Å²) in [7, 11) is 0. The molecule has 0 heterocycles. The maximum Gasteiger partial charge on any atom is 0.104 e. The molecule has 20 heavy (non-hydrogen) atoms. The number of aryl methyl sites for hydroxylation is 1. The lowest BCUT2D eigenvalue weighted by molar-refractivity contribution is 0.0347. The maximum absolute atomic E-state index is 5.89. The Balaban J connectivity index is 1.73. The molecular weight excluding hydrogens is 268 g/mol. The number of nitrogens with two attached hydrogens (primary N) is 1. The summed E-state index contributed by atoms with van der Waals surface area (Å²) in [6.07, 6.45) is 6.93. The molecule has 3 N–H and O–H groups in total. The zero-order chi connectivity index (χ0) is 14.4. The summed E-state index contributed by atoms with van der Waals surface area (Å²) in [5, 5.41) is 3.38. The van der Waals surface area contributed by atoms with E-state index in [9.17, 15) is 0 Å². The largest absolute Gasteiger partial charge is 0.389 e. The van der Waals surface area contributed by atoms with Gasteiger partial charge in [0.2, 0.25) is 0 Å². The Morgan fingerprint density at radius 3 is 2.75 bits per heavy atom. The van der Waals surface area contributed by atoms with Crippen molar-refractivity contribution in [3.05, 3.63) is 29.3 Å². The van der Waals surface area contributed by atoms with Crippen molar-refractivity contribution < 1.29 is 4.74 Å². The van der Waals surface area contributed by atoms with Crippen LogP contribution in [0.15, 0.2) is 18.2 Å². The Morgan fingerprint density at radius 1 is 1.35 bits per heavy atom. The molecule has 0 aliphatic heterocycles. The molecule has 1 fully saturated rings. The Morgan fingerprint density at radius 2 is 2.10 bits per heavy atom. The monoisotopic (exact) mass is 292 g/mol. The van der Waals surface area contributed by atoms with E-state index in [0.717, 1.165) is 30.0 Å². The summed E-state index contributed by atoms with van der Waals surface area (Å²) < 4.78 is 5.89. The smallest absolute Gasteiger partial charge is 0.104 e. The fraction of sp³-hybridized carbons (Fsp3) is 0.562. The SMILES string of the molecule is Cc1cc(NCCOC2CCCCC2)ccc1C(N)=S. The summed E-state index contributed by atoms with van der Waals surface area (Å²) in [5.41, 5.74) is 8.81. The van der Waals surface area contributed by atoms with Crippen molar-refractivity contribution >= 4 is 22.9 Å². The zero-order valence-corrected chi connectivity index (χ0v) is 13.0. The average molecular weight is 292 g/mol. The highest BCUT2D eigenvalue weighted by atomic mass is 32.1. The minimum absolute atomic E-state index is 0.453. The van der Waals surface area contributed by atoms with E-state index < -0.39 is 0 Å². The quantitative estimate of drug-likeness (QED) is 0.623. The molecule has 4 heteroatoms. The highest BCUT2D eigenvalue weighted by Crippen LogP contribution is 2.20. The van der Waals surface area contributed by atoms with Crippen molar-refractivity contribution in [1.29, 1.82) is 0 Å². The van der Waals surface area contributed by atoms with Gasteiger partial charge in [-0.2, -0.15) is 0 Å². The van der Waals surface area contributed by atoms with Gasteiger partial charge in [0.15, 0.2) is 0 Å². The first-order valence-corrected chi connectivity index (χ1v) is 7.83. The van der Waals surface area contributed by atoms with Crippen LogP contribution in [-0.2, 0) is 4.74 Å². The molecule has 1 aromatic carbocycles. The van der Waals surface area contributed by atoms with Gasteiger partial charge in [-0.25, -0.2) is 0 Å². The van der Waals surface area contributed by atoms with E-state index in [1.54, 1.807) is 0 Å². The first-order valence-electron chi connectivity index (χ1n) is 7.43. The van der Waals surface area contributed by atoms with Crippen LogP contribution in [0.25, 0.3) is 0 Å². The number of rotatable bonds is 6. The van der Waals surface area contributed by atoms with Crippen molar-refractivity contribution in [3.63, 3.8) is 0 Å². The van der Waals surface area contributed by atoms with Crippen molar-refractivity contribution in [3.8, 4) is 0 Å². The summed E-state index contributed by atoms with van der Waals surface area (Å²) in [5.74, 6) is 0. The van der Waals surface area contributed by atoms with Crippen molar-refractivity contribution in [2.75, 3.05) is 18.5 Å². The molecule has 2 rings (SSSR count). The zero-order valence-electron chi connectivity index (χ0n) is 12.2. The molecule has 1 aliphatic carbocycles. The molecule has 0 spiro atoms. The molecule has 0 aromatic heterocycles. The highest BCUT2D eigenvalue weighted by Gasteiger charge is 2.12. The molecule has 0 unspecified atom stereocenters. The summed E-state index contributed by atoms with van der Waals surface area (Å²) in [6.45, 7) is 3.63. The minimum Gasteiger partial charge on any atom is -0.389 e. The third kappa shape index (κ3) is 4.46. The molecule has 1 aliphatic rings. The second-order valence-corrected chi connectivity index (χ2v) is 5.89. The number of hydrogen-bond donors (Lipinski definition) is 2.